The van der Waals surface area contributed by atoms with Crippen molar-refractivity contribution in [1.82, 2.24) is 4.90 Å². The Balaban J connectivity index is 1.42. The van der Waals surface area contributed by atoms with E-state index in [2.05, 4.69) is 13.0 Å². The van der Waals surface area contributed by atoms with E-state index in [0.29, 0.717) is 16.5 Å². The molecular weight excluding hydrogens is 430 g/mol. The fraction of sp³-hybridized carbons (Fsp3) is 0.120. The Hall–Kier alpha value is -3.02. The van der Waals surface area contributed by atoms with E-state index in [1.54, 1.807) is 12.1 Å². The van der Waals surface area contributed by atoms with Crippen molar-refractivity contribution >= 4 is 40.6 Å². The Labute approximate surface area is 190 Å². The summed E-state index contributed by atoms with van der Waals surface area (Å²) in [6.07, 6.45) is 1.72. The summed E-state index contributed by atoms with van der Waals surface area (Å²) in [5.41, 5.74) is 3.89. The molecule has 2 amide bonds. The highest BCUT2D eigenvalue weighted by molar-refractivity contribution is 8.18. The number of ether oxygens (including phenoxy) is 1. The Morgan fingerprint density at radius 1 is 0.935 bits per heavy atom. The van der Waals surface area contributed by atoms with Gasteiger partial charge in [0.15, 0.2) is 0 Å². The number of carbonyl (C=O) groups is 2. The van der Waals surface area contributed by atoms with Crippen LogP contribution in [0.4, 0.5) is 4.79 Å². The number of hydrogen-bond acceptors (Lipinski definition) is 4. The summed E-state index contributed by atoms with van der Waals surface area (Å²) >= 11 is 7.11. The van der Waals surface area contributed by atoms with Crippen molar-refractivity contribution in [1.29, 1.82) is 0 Å². The number of thioether (sulfide) groups is 1. The van der Waals surface area contributed by atoms with E-state index >= 15 is 0 Å². The van der Waals surface area contributed by atoms with Crippen LogP contribution in [-0.4, -0.2) is 16.0 Å². The summed E-state index contributed by atoms with van der Waals surface area (Å²) in [5.74, 6) is 0.432. The molecule has 1 heterocycles. The van der Waals surface area contributed by atoms with Crippen molar-refractivity contribution in [3.63, 3.8) is 0 Å². The quantitative estimate of drug-likeness (QED) is 0.405. The van der Waals surface area contributed by atoms with Gasteiger partial charge >= 0.3 is 0 Å². The molecule has 0 aliphatic carbocycles. The van der Waals surface area contributed by atoms with Crippen molar-refractivity contribution in [2.24, 2.45) is 0 Å². The van der Waals surface area contributed by atoms with Crippen LogP contribution in [0.1, 0.15) is 22.3 Å². The predicted octanol–water partition coefficient (Wildman–Crippen LogP) is 6.46. The summed E-state index contributed by atoms with van der Waals surface area (Å²) in [7, 11) is 0. The molecule has 1 aliphatic rings. The lowest BCUT2D eigenvalue weighted by molar-refractivity contribution is -0.123. The van der Waals surface area contributed by atoms with Gasteiger partial charge in [-0.3, -0.25) is 14.5 Å². The van der Waals surface area contributed by atoms with Crippen LogP contribution in [-0.2, 0) is 17.9 Å². The van der Waals surface area contributed by atoms with Crippen LogP contribution in [0.3, 0.4) is 0 Å². The smallest absolute Gasteiger partial charge is 0.293 e. The summed E-state index contributed by atoms with van der Waals surface area (Å²) in [6.45, 7) is 2.71. The largest absolute Gasteiger partial charge is 0.489 e. The van der Waals surface area contributed by atoms with Gasteiger partial charge in [0.05, 0.1) is 11.4 Å². The molecule has 0 radical (unpaired) electrons. The molecule has 0 N–H and O–H groups in total. The summed E-state index contributed by atoms with van der Waals surface area (Å²) in [5, 5.41) is 0.237. The van der Waals surface area contributed by atoms with E-state index < -0.39 is 0 Å². The maximum absolute atomic E-state index is 12.7. The second kappa shape index (κ2) is 9.41. The first-order valence-corrected chi connectivity index (χ1v) is 11.0. The molecule has 6 heteroatoms. The van der Waals surface area contributed by atoms with E-state index in [1.165, 1.54) is 10.5 Å². The minimum Gasteiger partial charge on any atom is -0.489 e. The normalized spacial score (nSPS) is 15.0. The fourth-order valence-electron chi connectivity index (χ4n) is 3.18. The number of carbonyl (C=O) groups excluding carboxylic acids is 2. The van der Waals surface area contributed by atoms with Crippen LogP contribution in [0.25, 0.3) is 6.08 Å². The third kappa shape index (κ3) is 5.01. The summed E-state index contributed by atoms with van der Waals surface area (Å²) < 4.78 is 5.86. The monoisotopic (exact) mass is 449 g/mol. The molecule has 0 spiro atoms. The maximum atomic E-state index is 12.7. The lowest BCUT2D eigenvalue weighted by Crippen LogP contribution is -2.27. The van der Waals surface area contributed by atoms with Gasteiger partial charge in [0.25, 0.3) is 11.1 Å². The van der Waals surface area contributed by atoms with Crippen molar-refractivity contribution in [2.45, 2.75) is 20.1 Å². The van der Waals surface area contributed by atoms with Gasteiger partial charge in [-0.2, -0.15) is 0 Å². The molecular formula is C25H20ClNO3S. The molecule has 1 saturated heterocycles. The maximum Gasteiger partial charge on any atom is 0.293 e. The predicted molar refractivity (Wildman–Crippen MR) is 125 cm³/mol. The first kappa shape index (κ1) is 21.2. The Morgan fingerprint density at radius 2 is 1.61 bits per heavy atom. The molecule has 3 aromatic rings. The number of nitrogens with zero attached hydrogens (tertiary/aromatic N) is 1. The molecule has 0 saturated carbocycles. The van der Waals surface area contributed by atoms with Crippen molar-refractivity contribution < 1.29 is 14.3 Å². The Morgan fingerprint density at radius 3 is 2.32 bits per heavy atom. The zero-order valence-electron chi connectivity index (χ0n) is 16.9. The zero-order valence-corrected chi connectivity index (χ0v) is 18.5. The van der Waals surface area contributed by atoms with Crippen LogP contribution in [0.15, 0.2) is 77.7 Å². The van der Waals surface area contributed by atoms with E-state index in [0.717, 1.165) is 34.2 Å². The molecule has 1 aliphatic heterocycles. The fourth-order valence-corrected chi connectivity index (χ4v) is 4.21. The van der Waals surface area contributed by atoms with E-state index in [4.69, 9.17) is 16.3 Å². The third-order valence-corrected chi connectivity index (χ3v) is 6.27. The third-order valence-electron chi connectivity index (χ3n) is 4.99. The average Bonchev–Trinajstić information content (AvgIpc) is 3.03. The minimum atomic E-state index is -0.310. The van der Waals surface area contributed by atoms with Gasteiger partial charge in [0, 0.05) is 5.02 Å². The number of imide groups is 1. The molecule has 4 rings (SSSR count). The van der Waals surface area contributed by atoms with E-state index in [-0.39, 0.29) is 17.7 Å². The Kier molecular flexibility index (Phi) is 6.44. The van der Waals surface area contributed by atoms with Gasteiger partial charge < -0.3 is 4.74 Å². The van der Waals surface area contributed by atoms with Crippen molar-refractivity contribution in [2.75, 3.05) is 0 Å². The van der Waals surface area contributed by atoms with Crippen molar-refractivity contribution in [3.05, 3.63) is 105 Å². The van der Waals surface area contributed by atoms with Gasteiger partial charge in [-0.1, -0.05) is 66.2 Å². The number of aryl methyl sites for hydroxylation is 1. The average molecular weight is 450 g/mol. The molecule has 0 aromatic heterocycles. The number of hydrogen-bond donors (Lipinski definition) is 0. The summed E-state index contributed by atoms with van der Waals surface area (Å²) in [6, 6.07) is 22.8. The lowest BCUT2D eigenvalue weighted by atomic mass is 10.1. The topological polar surface area (TPSA) is 46.6 Å². The van der Waals surface area contributed by atoms with Gasteiger partial charge in [-0.05, 0) is 65.2 Å². The molecule has 4 nitrogen and oxygen atoms in total. The molecule has 3 aromatic carbocycles. The minimum absolute atomic E-state index is 0.160. The molecule has 156 valence electrons. The first-order chi connectivity index (χ1) is 15.0. The SMILES string of the molecule is Cc1ccccc1COc1ccc(/C=C2\SC(=O)N(Cc3ccccc3Cl)C2=O)cc1. The van der Waals surface area contributed by atoms with Crippen LogP contribution >= 0.6 is 23.4 Å². The summed E-state index contributed by atoms with van der Waals surface area (Å²) in [4.78, 5) is 26.7. The first-order valence-electron chi connectivity index (χ1n) is 9.77. The van der Waals surface area contributed by atoms with Crippen LogP contribution in [0.5, 0.6) is 5.75 Å². The van der Waals surface area contributed by atoms with Gasteiger partial charge in [0.2, 0.25) is 0 Å². The standard InChI is InChI=1S/C25H20ClNO3S/c1-17-6-2-3-8-20(17)16-30-21-12-10-18(11-13-21)14-23-24(28)27(25(29)31-23)15-19-7-4-5-9-22(19)26/h2-14H,15-16H2,1H3/b23-14-. The highest BCUT2D eigenvalue weighted by Crippen LogP contribution is 2.34. The zero-order chi connectivity index (χ0) is 21.8. The lowest BCUT2D eigenvalue weighted by Gasteiger charge is -2.13. The Bertz CT molecular complexity index is 1160. The molecule has 31 heavy (non-hydrogen) atoms. The van der Waals surface area contributed by atoms with Crippen LogP contribution < -0.4 is 4.74 Å². The number of benzene rings is 3. The molecule has 1 fully saturated rings. The molecule has 0 atom stereocenters. The number of halogens is 1. The number of amides is 2. The van der Waals surface area contributed by atoms with Crippen LogP contribution in [0, 0.1) is 6.92 Å². The molecule has 0 unspecified atom stereocenters. The second-order valence-electron chi connectivity index (χ2n) is 7.14. The van der Waals surface area contributed by atoms with Crippen LogP contribution in [0.2, 0.25) is 5.02 Å². The van der Waals surface area contributed by atoms with E-state index in [9.17, 15) is 9.59 Å². The highest BCUT2D eigenvalue weighted by atomic mass is 35.5. The number of rotatable bonds is 6. The molecule has 0 bridgehead atoms. The second-order valence-corrected chi connectivity index (χ2v) is 8.54. The van der Waals surface area contributed by atoms with E-state index in [1.807, 2.05) is 60.7 Å². The van der Waals surface area contributed by atoms with Gasteiger partial charge in [-0.15, -0.1) is 0 Å². The van der Waals surface area contributed by atoms with Gasteiger partial charge in [-0.25, -0.2) is 0 Å². The highest BCUT2D eigenvalue weighted by Gasteiger charge is 2.35. The van der Waals surface area contributed by atoms with Crippen molar-refractivity contribution in [3.8, 4) is 5.75 Å². The van der Waals surface area contributed by atoms with Gasteiger partial charge in [0.1, 0.15) is 12.4 Å².